The molecular formula is C24H26N4O. The number of pyridine rings is 1. The van der Waals surface area contributed by atoms with Gasteiger partial charge in [0.15, 0.2) is 0 Å². The number of aromatic amines is 1. The molecule has 5 heteroatoms. The summed E-state index contributed by atoms with van der Waals surface area (Å²) in [5.41, 5.74) is 14.2. The number of H-pyrrole nitrogens is 1. The molecule has 2 aromatic carbocycles. The van der Waals surface area contributed by atoms with Gasteiger partial charge in [-0.15, -0.1) is 0 Å². The zero-order valence-electron chi connectivity index (χ0n) is 17.1. The van der Waals surface area contributed by atoms with Crippen LogP contribution < -0.4 is 10.5 Å². The van der Waals surface area contributed by atoms with E-state index in [0.29, 0.717) is 6.61 Å². The fraction of sp³-hybridized carbons (Fsp3) is 0.250. The van der Waals surface area contributed by atoms with Crippen LogP contribution in [0.1, 0.15) is 22.4 Å². The van der Waals surface area contributed by atoms with Gasteiger partial charge in [-0.3, -0.25) is 10.1 Å². The van der Waals surface area contributed by atoms with Crippen LogP contribution in [0.4, 0.5) is 0 Å². The quantitative estimate of drug-likeness (QED) is 0.511. The van der Waals surface area contributed by atoms with E-state index in [-0.39, 0.29) is 6.04 Å². The number of benzene rings is 2. The summed E-state index contributed by atoms with van der Waals surface area (Å²) in [6.07, 6.45) is 4.36. The molecule has 0 amide bonds. The fourth-order valence-electron chi connectivity index (χ4n) is 3.48. The summed E-state index contributed by atoms with van der Waals surface area (Å²) >= 11 is 0. The molecule has 5 nitrogen and oxygen atoms in total. The van der Waals surface area contributed by atoms with Gasteiger partial charge >= 0.3 is 0 Å². The predicted molar refractivity (Wildman–Crippen MR) is 117 cm³/mol. The Morgan fingerprint density at radius 1 is 0.966 bits per heavy atom. The van der Waals surface area contributed by atoms with Crippen molar-refractivity contribution in [2.45, 2.75) is 33.2 Å². The van der Waals surface area contributed by atoms with Gasteiger partial charge in [0.05, 0.1) is 17.4 Å². The molecule has 0 aliphatic heterocycles. The Bertz CT molecular complexity index is 1150. The highest BCUT2D eigenvalue weighted by Gasteiger charge is 2.09. The van der Waals surface area contributed by atoms with Crippen molar-refractivity contribution in [1.29, 1.82) is 0 Å². The van der Waals surface area contributed by atoms with Crippen molar-refractivity contribution in [2.24, 2.45) is 5.73 Å². The first kappa shape index (κ1) is 19.2. The molecule has 29 heavy (non-hydrogen) atoms. The molecule has 0 unspecified atom stereocenters. The first-order chi connectivity index (χ1) is 14.0. The summed E-state index contributed by atoms with van der Waals surface area (Å²) < 4.78 is 5.95. The molecule has 148 valence electrons. The predicted octanol–water partition coefficient (Wildman–Crippen LogP) is 4.50. The minimum absolute atomic E-state index is 0.0781. The first-order valence-electron chi connectivity index (χ1n) is 9.84. The standard InChI is InChI=1S/C24H26N4O/c1-15-4-5-18(8-16(15)2)9-21(25)14-29-22-10-20(12-26-13-22)19-6-7-24-23(11-19)17(3)27-28-24/h4-8,10-13,21H,9,14,25H2,1-3H3,(H,27,28)/t21-/m0/s1. The average molecular weight is 386 g/mol. The van der Waals surface area contributed by atoms with Crippen LogP contribution in [-0.2, 0) is 6.42 Å². The molecule has 2 heterocycles. The Morgan fingerprint density at radius 3 is 2.66 bits per heavy atom. The molecule has 0 aliphatic rings. The zero-order valence-corrected chi connectivity index (χ0v) is 17.1. The summed E-state index contributed by atoms with van der Waals surface area (Å²) in [6, 6.07) is 14.6. The monoisotopic (exact) mass is 386 g/mol. The van der Waals surface area contributed by atoms with Crippen LogP contribution in [0, 0.1) is 20.8 Å². The van der Waals surface area contributed by atoms with Gasteiger partial charge in [0.1, 0.15) is 12.4 Å². The van der Waals surface area contributed by atoms with E-state index in [2.05, 4.69) is 59.4 Å². The summed E-state index contributed by atoms with van der Waals surface area (Å²) in [6.45, 7) is 6.68. The number of aryl methyl sites for hydroxylation is 3. The summed E-state index contributed by atoms with van der Waals surface area (Å²) in [5.74, 6) is 0.724. The molecule has 0 fully saturated rings. The Hall–Kier alpha value is -3.18. The summed E-state index contributed by atoms with van der Waals surface area (Å²) in [7, 11) is 0. The van der Waals surface area contributed by atoms with Crippen LogP contribution in [0.3, 0.4) is 0 Å². The summed E-state index contributed by atoms with van der Waals surface area (Å²) in [5, 5.41) is 8.41. The molecule has 0 aliphatic carbocycles. The smallest absolute Gasteiger partial charge is 0.138 e. The topological polar surface area (TPSA) is 76.8 Å². The second-order valence-corrected chi connectivity index (χ2v) is 7.67. The normalized spacial score (nSPS) is 12.3. The molecule has 4 aromatic rings. The van der Waals surface area contributed by atoms with Gasteiger partial charge < -0.3 is 10.5 Å². The number of rotatable bonds is 6. The molecule has 2 aromatic heterocycles. The largest absolute Gasteiger partial charge is 0.490 e. The number of ether oxygens (including phenoxy) is 1. The molecular weight excluding hydrogens is 360 g/mol. The van der Waals surface area contributed by atoms with E-state index in [9.17, 15) is 0 Å². The third-order valence-corrected chi connectivity index (χ3v) is 5.33. The Labute approximate surface area is 170 Å². The first-order valence-corrected chi connectivity index (χ1v) is 9.84. The number of hydrogen-bond donors (Lipinski definition) is 2. The van der Waals surface area contributed by atoms with Crippen LogP contribution >= 0.6 is 0 Å². The number of aromatic nitrogens is 3. The maximum absolute atomic E-state index is 6.30. The second-order valence-electron chi connectivity index (χ2n) is 7.67. The fourth-order valence-corrected chi connectivity index (χ4v) is 3.48. The van der Waals surface area contributed by atoms with Crippen LogP contribution in [0.2, 0.25) is 0 Å². The Morgan fingerprint density at radius 2 is 1.83 bits per heavy atom. The van der Waals surface area contributed by atoms with Crippen molar-refractivity contribution in [3.8, 4) is 16.9 Å². The van der Waals surface area contributed by atoms with E-state index in [0.717, 1.165) is 39.9 Å². The molecule has 3 N–H and O–H groups in total. The van der Waals surface area contributed by atoms with Crippen molar-refractivity contribution in [1.82, 2.24) is 15.2 Å². The van der Waals surface area contributed by atoms with Crippen LogP contribution in [0.15, 0.2) is 54.9 Å². The van der Waals surface area contributed by atoms with E-state index in [1.54, 1.807) is 6.20 Å². The maximum atomic E-state index is 6.30. The van der Waals surface area contributed by atoms with E-state index < -0.39 is 0 Å². The van der Waals surface area contributed by atoms with Crippen molar-refractivity contribution in [3.63, 3.8) is 0 Å². The minimum Gasteiger partial charge on any atom is -0.490 e. The number of hydrogen-bond acceptors (Lipinski definition) is 4. The van der Waals surface area contributed by atoms with Crippen molar-refractivity contribution in [2.75, 3.05) is 6.61 Å². The number of nitrogens with zero attached hydrogens (tertiary/aromatic N) is 2. The van der Waals surface area contributed by atoms with Gasteiger partial charge in [-0.25, -0.2) is 0 Å². The van der Waals surface area contributed by atoms with Gasteiger partial charge in [0.25, 0.3) is 0 Å². The lowest BCUT2D eigenvalue weighted by atomic mass is 10.0. The molecule has 4 rings (SSSR count). The number of fused-ring (bicyclic) bond motifs is 1. The molecule has 0 bridgehead atoms. The summed E-state index contributed by atoms with van der Waals surface area (Å²) in [4.78, 5) is 4.35. The number of nitrogens with two attached hydrogens (primary N) is 1. The lowest BCUT2D eigenvalue weighted by molar-refractivity contribution is 0.286. The molecule has 0 saturated heterocycles. The Kier molecular flexibility index (Phi) is 5.32. The van der Waals surface area contributed by atoms with Crippen molar-refractivity contribution >= 4 is 10.9 Å². The lowest BCUT2D eigenvalue weighted by Gasteiger charge is -2.14. The lowest BCUT2D eigenvalue weighted by Crippen LogP contribution is -2.30. The highest BCUT2D eigenvalue weighted by Crippen LogP contribution is 2.27. The van der Waals surface area contributed by atoms with Gasteiger partial charge in [-0.1, -0.05) is 24.3 Å². The van der Waals surface area contributed by atoms with Gasteiger partial charge in [0.2, 0.25) is 0 Å². The highest BCUT2D eigenvalue weighted by molar-refractivity contribution is 5.86. The Balaban J connectivity index is 1.44. The molecule has 0 radical (unpaired) electrons. The highest BCUT2D eigenvalue weighted by atomic mass is 16.5. The van der Waals surface area contributed by atoms with Crippen molar-refractivity contribution < 1.29 is 4.74 Å². The van der Waals surface area contributed by atoms with E-state index in [4.69, 9.17) is 10.5 Å². The second kappa shape index (κ2) is 8.05. The SMILES string of the molecule is Cc1ccc(C[C@H](N)COc2cncc(-c3ccc4[nH]nc(C)c4c3)c2)cc1C. The third-order valence-electron chi connectivity index (χ3n) is 5.33. The molecule has 0 saturated carbocycles. The molecule has 0 spiro atoms. The third kappa shape index (κ3) is 4.30. The van der Waals surface area contributed by atoms with Crippen molar-refractivity contribution in [3.05, 3.63) is 77.2 Å². The average Bonchev–Trinajstić information content (AvgIpc) is 3.10. The van der Waals surface area contributed by atoms with Crippen LogP contribution in [-0.4, -0.2) is 27.8 Å². The van der Waals surface area contributed by atoms with E-state index >= 15 is 0 Å². The number of nitrogens with one attached hydrogen (secondary N) is 1. The maximum Gasteiger partial charge on any atom is 0.138 e. The van der Waals surface area contributed by atoms with Crippen LogP contribution in [0.25, 0.3) is 22.0 Å². The van der Waals surface area contributed by atoms with E-state index in [1.165, 1.54) is 16.7 Å². The zero-order chi connectivity index (χ0) is 20.4. The van der Waals surface area contributed by atoms with Gasteiger partial charge in [0, 0.05) is 23.2 Å². The molecule has 1 atom stereocenters. The minimum atomic E-state index is -0.0781. The van der Waals surface area contributed by atoms with E-state index in [1.807, 2.05) is 25.3 Å². The van der Waals surface area contributed by atoms with Gasteiger partial charge in [-0.2, -0.15) is 5.10 Å². The van der Waals surface area contributed by atoms with Crippen LogP contribution in [0.5, 0.6) is 5.75 Å². The van der Waals surface area contributed by atoms with Gasteiger partial charge in [-0.05, 0) is 67.6 Å².